The van der Waals surface area contributed by atoms with Crippen molar-refractivity contribution in [1.82, 2.24) is 0 Å². The summed E-state index contributed by atoms with van der Waals surface area (Å²) in [7, 11) is 0. The van der Waals surface area contributed by atoms with E-state index in [4.69, 9.17) is 4.74 Å². The Morgan fingerprint density at radius 3 is 2.40 bits per heavy atom. The Balaban J connectivity index is 1.55. The summed E-state index contributed by atoms with van der Waals surface area (Å²) in [5, 5.41) is 10.8. The second-order valence-electron chi connectivity index (χ2n) is 7.67. The van der Waals surface area contributed by atoms with Crippen molar-refractivity contribution < 1.29 is 9.84 Å². The summed E-state index contributed by atoms with van der Waals surface area (Å²) in [6.07, 6.45) is 13.8. The van der Waals surface area contributed by atoms with E-state index in [1.807, 2.05) is 0 Å². The van der Waals surface area contributed by atoms with Crippen LogP contribution < -0.4 is 0 Å². The SMILES string of the molecule is CCC1CCC(C(O)C2CCOC3(CCCC3)C2)CC1. The second kappa shape index (κ2) is 6.36. The zero-order valence-corrected chi connectivity index (χ0v) is 13.2. The average Bonchev–Trinajstić information content (AvgIpc) is 2.94. The highest BCUT2D eigenvalue weighted by Gasteiger charge is 2.43. The molecule has 20 heavy (non-hydrogen) atoms. The van der Waals surface area contributed by atoms with Gasteiger partial charge in [0.25, 0.3) is 0 Å². The third-order valence-electron chi connectivity index (χ3n) is 6.48. The molecular formula is C18H32O2. The minimum atomic E-state index is -0.0609. The number of hydrogen-bond donors (Lipinski definition) is 1. The van der Waals surface area contributed by atoms with Gasteiger partial charge >= 0.3 is 0 Å². The van der Waals surface area contributed by atoms with Crippen molar-refractivity contribution in [2.45, 2.75) is 89.3 Å². The van der Waals surface area contributed by atoms with E-state index in [2.05, 4.69) is 6.92 Å². The molecule has 0 aromatic rings. The topological polar surface area (TPSA) is 29.5 Å². The molecule has 2 unspecified atom stereocenters. The van der Waals surface area contributed by atoms with E-state index in [0.29, 0.717) is 11.8 Å². The van der Waals surface area contributed by atoms with Crippen LogP contribution in [0.5, 0.6) is 0 Å². The first kappa shape index (κ1) is 14.8. The molecule has 3 aliphatic rings. The second-order valence-corrected chi connectivity index (χ2v) is 7.67. The Bertz CT molecular complexity index is 301. The summed E-state index contributed by atoms with van der Waals surface area (Å²) in [6, 6.07) is 0. The maximum absolute atomic E-state index is 10.8. The van der Waals surface area contributed by atoms with E-state index < -0.39 is 0 Å². The number of aliphatic hydroxyl groups is 1. The molecule has 2 atom stereocenters. The molecule has 2 heteroatoms. The zero-order chi connectivity index (χ0) is 14.0. The Kier molecular flexibility index (Phi) is 4.72. The lowest BCUT2D eigenvalue weighted by Gasteiger charge is -2.43. The number of hydrogen-bond acceptors (Lipinski definition) is 2. The van der Waals surface area contributed by atoms with Crippen molar-refractivity contribution in [1.29, 1.82) is 0 Å². The maximum Gasteiger partial charge on any atom is 0.0686 e. The summed E-state index contributed by atoms with van der Waals surface area (Å²) < 4.78 is 6.12. The molecule has 3 rings (SSSR count). The quantitative estimate of drug-likeness (QED) is 0.835. The smallest absolute Gasteiger partial charge is 0.0686 e. The minimum absolute atomic E-state index is 0.0609. The fourth-order valence-corrected chi connectivity index (χ4v) is 5.05. The number of rotatable bonds is 3. The third-order valence-corrected chi connectivity index (χ3v) is 6.48. The van der Waals surface area contributed by atoms with Gasteiger partial charge in [0.1, 0.15) is 0 Å². The van der Waals surface area contributed by atoms with E-state index >= 15 is 0 Å². The van der Waals surface area contributed by atoms with Crippen LogP contribution in [0.15, 0.2) is 0 Å². The minimum Gasteiger partial charge on any atom is -0.393 e. The monoisotopic (exact) mass is 280 g/mol. The Morgan fingerprint density at radius 2 is 1.75 bits per heavy atom. The summed E-state index contributed by atoms with van der Waals surface area (Å²) in [5.74, 6) is 2.00. The molecule has 1 aliphatic heterocycles. The molecule has 2 aliphatic carbocycles. The highest BCUT2D eigenvalue weighted by Crippen LogP contribution is 2.45. The number of ether oxygens (including phenoxy) is 1. The Labute approximate surface area is 124 Å². The summed E-state index contributed by atoms with van der Waals surface area (Å²) >= 11 is 0. The van der Waals surface area contributed by atoms with Crippen molar-refractivity contribution in [2.24, 2.45) is 17.8 Å². The van der Waals surface area contributed by atoms with Gasteiger partial charge in [-0.3, -0.25) is 0 Å². The van der Waals surface area contributed by atoms with Gasteiger partial charge in [0.15, 0.2) is 0 Å². The summed E-state index contributed by atoms with van der Waals surface area (Å²) in [6.45, 7) is 3.19. The molecule has 0 bridgehead atoms. The summed E-state index contributed by atoms with van der Waals surface area (Å²) in [4.78, 5) is 0. The third kappa shape index (κ3) is 3.06. The molecule has 3 fully saturated rings. The molecule has 0 aromatic carbocycles. The van der Waals surface area contributed by atoms with Gasteiger partial charge in [-0.25, -0.2) is 0 Å². The molecule has 2 nitrogen and oxygen atoms in total. The van der Waals surface area contributed by atoms with Crippen molar-refractivity contribution in [3.8, 4) is 0 Å². The predicted octanol–water partition coefficient (Wildman–Crippen LogP) is 4.30. The van der Waals surface area contributed by atoms with Crippen LogP contribution in [0.25, 0.3) is 0 Å². The van der Waals surface area contributed by atoms with E-state index in [0.717, 1.165) is 25.4 Å². The van der Waals surface area contributed by atoms with Gasteiger partial charge in [0.2, 0.25) is 0 Å². The van der Waals surface area contributed by atoms with E-state index in [1.165, 1.54) is 57.8 Å². The standard InChI is InChI=1S/C18H32O2/c1-2-14-5-7-15(8-6-14)17(19)16-9-12-20-18(13-16)10-3-4-11-18/h14-17,19H,2-13H2,1H3. The van der Waals surface area contributed by atoms with Crippen LogP contribution in [0.3, 0.4) is 0 Å². The lowest BCUT2D eigenvalue weighted by atomic mass is 9.72. The van der Waals surface area contributed by atoms with Gasteiger partial charge in [-0.15, -0.1) is 0 Å². The molecule has 0 amide bonds. The van der Waals surface area contributed by atoms with Gasteiger partial charge in [0, 0.05) is 6.61 Å². The first-order chi connectivity index (χ1) is 9.72. The van der Waals surface area contributed by atoms with Gasteiger partial charge < -0.3 is 9.84 Å². The van der Waals surface area contributed by atoms with E-state index in [-0.39, 0.29) is 11.7 Å². The maximum atomic E-state index is 10.8. The molecule has 1 heterocycles. The predicted molar refractivity (Wildman–Crippen MR) is 81.6 cm³/mol. The van der Waals surface area contributed by atoms with Crippen LogP contribution >= 0.6 is 0 Å². The molecule has 0 radical (unpaired) electrons. The van der Waals surface area contributed by atoms with Gasteiger partial charge in [-0.05, 0) is 56.3 Å². The van der Waals surface area contributed by atoms with Crippen molar-refractivity contribution in [3.63, 3.8) is 0 Å². The average molecular weight is 280 g/mol. The molecule has 2 saturated carbocycles. The van der Waals surface area contributed by atoms with Crippen molar-refractivity contribution >= 4 is 0 Å². The van der Waals surface area contributed by atoms with Gasteiger partial charge in [-0.2, -0.15) is 0 Å². The fraction of sp³-hybridized carbons (Fsp3) is 1.00. The van der Waals surface area contributed by atoms with Crippen LogP contribution in [0.1, 0.15) is 77.6 Å². The summed E-state index contributed by atoms with van der Waals surface area (Å²) in [5.41, 5.74) is 0.157. The first-order valence-electron chi connectivity index (χ1n) is 9.04. The molecule has 1 N–H and O–H groups in total. The molecule has 116 valence electrons. The lowest BCUT2D eigenvalue weighted by molar-refractivity contribution is -0.122. The van der Waals surface area contributed by atoms with Crippen LogP contribution in [0, 0.1) is 17.8 Å². The Hall–Kier alpha value is -0.0800. The zero-order valence-electron chi connectivity index (χ0n) is 13.2. The first-order valence-corrected chi connectivity index (χ1v) is 9.04. The highest BCUT2D eigenvalue weighted by molar-refractivity contribution is 4.94. The van der Waals surface area contributed by atoms with Crippen molar-refractivity contribution in [2.75, 3.05) is 6.61 Å². The highest BCUT2D eigenvalue weighted by atomic mass is 16.5. The molecule has 1 saturated heterocycles. The van der Waals surface area contributed by atoms with Crippen LogP contribution in [-0.4, -0.2) is 23.4 Å². The van der Waals surface area contributed by atoms with Crippen LogP contribution in [0.4, 0.5) is 0 Å². The van der Waals surface area contributed by atoms with E-state index in [1.54, 1.807) is 0 Å². The Morgan fingerprint density at radius 1 is 1.05 bits per heavy atom. The molecular weight excluding hydrogens is 248 g/mol. The molecule has 0 aromatic heterocycles. The van der Waals surface area contributed by atoms with Crippen LogP contribution in [-0.2, 0) is 4.74 Å². The van der Waals surface area contributed by atoms with E-state index in [9.17, 15) is 5.11 Å². The van der Waals surface area contributed by atoms with Crippen LogP contribution in [0.2, 0.25) is 0 Å². The van der Waals surface area contributed by atoms with Gasteiger partial charge in [-0.1, -0.05) is 39.0 Å². The normalized spacial score (nSPS) is 39.0. The van der Waals surface area contributed by atoms with Gasteiger partial charge in [0.05, 0.1) is 11.7 Å². The van der Waals surface area contributed by atoms with Crippen molar-refractivity contribution in [3.05, 3.63) is 0 Å². The molecule has 1 spiro atoms. The number of aliphatic hydroxyl groups excluding tert-OH is 1. The fourth-order valence-electron chi connectivity index (χ4n) is 5.05. The largest absolute Gasteiger partial charge is 0.393 e. The lowest BCUT2D eigenvalue weighted by Crippen LogP contribution is -2.43.